The van der Waals surface area contributed by atoms with E-state index in [1.165, 1.54) is 0 Å². The number of hydrogen-bond donors (Lipinski definition) is 1. The highest BCUT2D eigenvalue weighted by atomic mass is 16.5. The van der Waals surface area contributed by atoms with E-state index in [4.69, 9.17) is 9.47 Å². The van der Waals surface area contributed by atoms with Gasteiger partial charge in [-0.3, -0.25) is 4.79 Å². The molecule has 3 rings (SSSR count). The minimum Gasteiger partial charge on any atom is -0.497 e. The quantitative estimate of drug-likeness (QED) is 0.894. The summed E-state index contributed by atoms with van der Waals surface area (Å²) >= 11 is 0. The van der Waals surface area contributed by atoms with Gasteiger partial charge in [0, 0.05) is 32.2 Å². The molecule has 5 heteroatoms. The number of rotatable bonds is 3. The fourth-order valence-electron chi connectivity index (χ4n) is 3.17. The van der Waals surface area contributed by atoms with Crippen LogP contribution in [-0.4, -0.2) is 51.2 Å². The normalized spacial score (nSPS) is 24.6. The lowest BCUT2D eigenvalue weighted by molar-refractivity contribution is 0.0778. The Morgan fingerprint density at radius 3 is 2.50 bits per heavy atom. The highest BCUT2D eigenvalue weighted by molar-refractivity contribution is 5.97. The molecule has 0 radical (unpaired) electrons. The third-order valence-electron chi connectivity index (χ3n) is 4.32. The molecule has 5 nitrogen and oxygen atoms in total. The maximum absolute atomic E-state index is 12.6. The number of ether oxygens (including phenoxy) is 2. The Kier molecular flexibility index (Phi) is 3.53. The monoisotopic (exact) mass is 276 g/mol. The van der Waals surface area contributed by atoms with E-state index in [2.05, 4.69) is 5.32 Å². The van der Waals surface area contributed by atoms with Crippen LogP contribution in [0.4, 0.5) is 0 Å². The number of amides is 1. The van der Waals surface area contributed by atoms with Crippen molar-refractivity contribution in [2.45, 2.75) is 0 Å². The van der Waals surface area contributed by atoms with Crippen LogP contribution in [0.3, 0.4) is 0 Å². The second-order valence-corrected chi connectivity index (χ2v) is 5.45. The number of nitrogens with one attached hydrogen (secondary N) is 1. The summed E-state index contributed by atoms with van der Waals surface area (Å²) in [6.07, 6.45) is 0. The smallest absolute Gasteiger partial charge is 0.257 e. The summed E-state index contributed by atoms with van der Waals surface area (Å²) in [4.78, 5) is 14.6. The van der Waals surface area contributed by atoms with Crippen LogP contribution in [-0.2, 0) is 0 Å². The zero-order valence-corrected chi connectivity index (χ0v) is 11.9. The van der Waals surface area contributed by atoms with Crippen LogP contribution in [0.25, 0.3) is 0 Å². The molecule has 1 N–H and O–H groups in total. The summed E-state index contributed by atoms with van der Waals surface area (Å²) in [6, 6.07) is 5.34. The number of methoxy groups -OCH3 is 2. The van der Waals surface area contributed by atoms with Crippen LogP contribution in [0, 0.1) is 11.8 Å². The number of hydrogen-bond acceptors (Lipinski definition) is 4. The van der Waals surface area contributed by atoms with Gasteiger partial charge in [-0.2, -0.15) is 0 Å². The van der Waals surface area contributed by atoms with E-state index < -0.39 is 0 Å². The summed E-state index contributed by atoms with van der Waals surface area (Å²) < 4.78 is 10.5. The van der Waals surface area contributed by atoms with Crippen molar-refractivity contribution >= 4 is 5.91 Å². The van der Waals surface area contributed by atoms with E-state index in [1.807, 2.05) is 4.90 Å². The van der Waals surface area contributed by atoms with E-state index in [1.54, 1.807) is 32.4 Å². The topological polar surface area (TPSA) is 50.8 Å². The summed E-state index contributed by atoms with van der Waals surface area (Å²) in [5.74, 6) is 2.52. The van der Waals surface area contributed by atoms with Crippen LogP contribution in [0.15, 0.2) is 18.2 Å². The SMILES string of the molecule is COc1ccc(C(=O)N2CC3CNCC3C2)c(OC)c1. The summed E-state index contributed by atoms with van der Waals surface area (Å²) in [6.45, 7) is 3.72. The number of fused-ring (bicyclic) bond motifs is 1. The van der Waals surface area contributed by atoms with Gasteiger partial charge in [0.2, 0.25) is 0 Å². The van der Waals surface area contributed by atoms with Crippen molar-refractivity contribution in [3.63, 3.8) is 0 Å². The van der Waals surface area contributed by atoms with Gasteiger partial charge in [-0.15, -0.1) is 0 Å². The lowest BCUT2D eigenvalue weighted by atomic mass is 10.0. The predicted molar refractivity (Wildman–Crippen MR) is 75.3 cm³/mol. The highest BCUT2D eigenvalue weighted by Crippen LogP contribution is 2.30. The highest BCUT2D eigenvalue weighted by Gasteiger charge is 2.38. The summed E-state index contributed by atoms with van der Waals surface area (Å²) in [5, 5.41) is 3.38. The van der Waals surface area contributed by atoms with Crippen molar-refractivity contribution in [1.82, 2.24) is 10.2 Å². The van der Waals surface area contributed by atoms with Crippen LogP contribution in [0.1, 0.15) is 10.4 Å². The largest absolute Gasteiger partial charge is 0.497 e. The van der Waals surface area contributed by atoms with Gasteiger partial charge < -0.3 is 19.7 Å². The van der Waals surface area contributed by atoms with E-state index in [0.717, 1.165) is 26.2 Å². The molecule has 2 saturated heterocycles. The second kappa shape index (κ2) is 5.32. The number of likely N-dealkylation sites (tertiary alicyclic amines) is 1. The van der Waals surface area contributed by atoms with E-state index in [0.29, 0.717) is 28.9 Å². The molecular formula is C15H20N2O3. The molecule has 108 valence electrons. The van der Waals surface area contributed by atoms with Crippen molar-refractivity contribution < 1.29 is 14.3 Å². The molecule has 2 atom stereocenters. The first-order valence-electron chi connectivity index (χ1n) is 6.95. The molecule has 2 fully saturated rings. The van der Waals surface area contributed by atoms with Gasteiger partial charge in [0.15, 0.2) is 0 Å². The van der Waals surface area contributed by atoms with Crippen LogP contribution in [0.2, 0.25) is 0 Å². The molecule has 1 aromatic rings. The second-order valence-electron chi connectivity index (χ2n) is 5.45. The molecule has 2 aliphatic rings. The minimum absolute atomic E-state index is 0.0545. The van der Waals surface area contributed by atoms with Gasteiger partial charge in [-0.05, 0) is 24.0 Å². The fraction of sp³-hybridized carbons (Fsp3) is 0.533. The Morgan fingerprint density at radius 2 is 1.90 bits per heavy atom. The van der Waals surface area contributed by atoms with Gasteiger partial charge in [-0.25, -0.2) is 0 Å². The molecule has 2 aliphatic heterocycles. The van der Waals surface area contributed by atoms with Gasteiger partial charge in [0.1, 0.15) is 11.5 Å². The molecule has 0 aromatic heterocycles. The Balaban J connectivity index is 1.80. The maximum Gasteiger partial charge on any atom is 0.257 e. The average Bonchev–Trinajstić information content (AvgIpc) is 3.07. The standard InChI is InChI=1S/C15H20N2O3/c1-19-12-3-4-13(14(5-12)20-2)15(18)17-8-10-6-16-7-11(10)9-17/h3-5,10-11,16H,6-9H2,1-2H3. The molecule has 0 spiro atoms. The van der Waals surface area contributed by atoms with E-state index in [9.17, 15) is 4.79 Å². The minimum atomic E-state index is 0.0545. The van der Waals surface area contributed by atoms with E-state index >= 15 is 0 Å². The number of nitrogens with zero attached hydrogens (tertiary/aromatic N) is 1. The molecule has 0 aliphatic carbocycles. The Morgan fingerprint density at radius 1 is 1.20 bits per heavy atom. The van der Waals surface area contributed by atoms with Gasteiger partial charge in [0.25, 0.3) is 5.91 Å². The van der Waals surface area contributed by atoms with Crippen molar-refractivity contribution in [3.05, 3.63) is 23.8 Å². The maximum atomic E-state index is 12.6. The predicted octanol–water partition coefficient (Wildman–Crippen LogP) is 0.995. The Labute approximate surface area is 118 Å². The molecular weight excluding hydrogens is 256 g/mol. The van der Waals surface area contributed by atoms with Crippen molar-refractivity contribution in [2.75, 3.05) is 40.4 Å². The Hall–Kier alpha value is -1.75. The zero-order valence-electron chi connectivity index (χ0n) is 11.9. The van der Waals surface area contributed by atoms with Crippen molar-refractivity contribution in [2.24, 2.45) is 11.8 Å². The molecule has 0 bridgehead atoms. The first kappa shape index (κ1) is 13.2. The summed E-state index contributed by atoms with van der Waals surface area (Å²) in [7, 11) is 3.18. The van der Waals surface area contributed by atoms with Crippen molar-refractivity contribution in [1.29, 1.82) is 0 Å². The van der Waals surface area contributed by atoms with Crippen LogP contribution in [0.5, 0.6) is 11.5 Å². The van der Waals surface area contributed by atoms with Crippen LogP contribution >= 0.6 is 0 Å². The fourth-order valence-corrected chi connectivity index (χ4v) is 3.17. The van der Waals surface area contributed by atoms with Gasteiger partial charge in [-0.1, -0.05) is 0 Å². The molecule has 0 saturated carbocycles. The molecule has 2 unspecified atom stereocenters. The third kappa shape index (κ3) is 2.22. The van der Waals surface area contributed by atoms with E-state index in [-0.39, 0.29) is 5.91 Å². The lowest BCUT2D eigenvalue weighted by Gasteiger charge is -2.19. The Bertz CT molecular complexity index is 506. The first-order chi connectivity index (χ1) is 9.72. The average molecular weight is 276 g/mol. The van der Waals surface area contributed by atoms with Gasteiger partial charge >= 0.3 is 0 Å². The first-order valence-corrected chi connectivity index (χ1v) is 6.95. The van der Waals surface area contributed by atoms with Crippen molar-refractivity contribution in [3.8, 4) is 11.5 Å². The molecule has 1 amide bonds. The zero-order chi connectivity index (χ0) is 14.1. The number of carbonyl (C=O) groups excluding carboxylic acids is 1. The molecule has 20 heavy (non-hydrogen) atoms. The van der Waals surface area contributed by atoms with Crippen LogP contribution < -0.4 is 14.8 Å². The number of benzene rings is 1. The molecule has 2 heterocycles. The number of carbonyl (C=O) groups is 1. The lowest BCUT2D eigenvalue weighted by Crippen LogP contribution is -2.32. The summed E-state index contributed by atoms with van der Waals surface area (Å²) in [5.41, 5.74) is 0.612. The molecule has 1 aromatic carbocycles. The van der Waals surface area contributed by atoms with Gasteiger partial charge in [0.05, 0.1) is 19.8 Å². The third-order valence-corrected chi connectivity index (χ3v) is 4.32.